The van der Waals surface area contributed by atoms with E-state index in [2.05, 4.69) is 12.1 Å². The largest absolute Gasteiger partial charge is 0.457 e. The van der Waals surface area contributed by atoms with Gasteiger partial charge in [-0.05, 0) is 29.1 Å². The number of para-hydroxylation sites is 2. The SMILES string of the molecule is N#Cc1cc(C#N)c2c3c1Oc1ccccc1B3c1ccccc1O2. The molecule has 114 valence electrons. The molecule has 5 rings (SSSR count). The molecule has 5 heteroatoms. The zero-order valence-corrected chi connectivity index (χ0v) is 13.0. The maximum atomic E-state index is 9.54. The van der Waals surface area contributed by atoms with Crippen molar-refractivity contribution in [2.75, 3.05) is 0 Å². The fraction of sp³-hybridized carbons (Fsp3) is 0. The Kier molecular flexibility index (Phi) is 2.69. The Morgan fingerprint density at radius 3 is 1.68 bits per heavy atom. The number of nitrogens with zero attached hydrogens (tertiary/aromatic N) is 2. The minimum absolute atomic E-state index is 0.125. The molecule has 0 bridgehead atoms. The molecule has 3 aromatic rings. The van der Waals surface area contributed by atoms with E-state index in [1.165, 1.54) is 6.07 Å². The summed E-state index contributed by atoms with van der Waals surface area (Å²) in [5.41, 5.74) is 3.46. The molecule has 0 spiro atoms. The van der Waals surface area contributed by atoms with Crippen LogP contribution in [-0.2, 0) is 0 Å². The Labute approximate surface area is 144 Å². The van der Waals surface area contributed by atoms with Crippen LogP contribution in [0.25, 0.3) is 0 Å². The van der Waals surface area contributed by atoms with Gasteiger partial charge in [0.05, 0.1) is 11.1 Å². The van der Waals surface area contributed by atoms with E-state index in [-0.39, 0.29) is 6.71 Å². The molecule has 2 heterocycles. The lowest BCUT2D eigenvalue weighted by Crippen LogP contribution is -2.57. The van der Waals surface area contributed by atoms with E-state index in [0.29, 0.717) is 22.6 Å². The first-order valence-electron chi connectivity index (χ1n) is 7.86. The molecule has 0 atom stereocenters. The van der Waals surface area contributed by atoms with E-state index in [9.17, 15) is 10.5 Å². The molecule has 2 aliphatic rings. The number of hydrogen-bond donors (Lipinski definition) is 0. The van der Waals surface area contributed by atoms with E-state index < -0.39 is 0 Å². The normalized spacial score (nSPS) is 12.5. The molecule has 25 heavy (non-hydrogen) atoms. The Hall–Kier alpha value is -3.70. The minimum Gasteiger partial charge on any atom is -0.457 e. The third-order valence-electron chi connectivity index (χ3n) is 4.68. The van der Waals surface area contributed by atoms with Crippen LogP contribution in [0.3, 0.4) is 0 Å². The van der Waals surface area contributed by atoms with Crippen molar-refractivity contribution in [3.8, 4) is 35.1 Å². The van der Waals surface area contributed by atoms with Gasteiger partial charge in [-0.3, -0.25) is 0 Å². The molecule has 0 unspecified atom stereocenters. The van der Waals surface area contributed by atoms with Crippen LogP contribution in [0, 0.1) is 22.7 Å². The number of ether oxygens (including phenoxy) is 2. The topological polar surface area (TPSA) is 66.0 Å². The molecule has 2 aliphatic heterocycles. The summed E-state index contributed by atoms with van der Waals surface area (Å²) in [5, 5.41) is 19.1. The Morgan fingerprint density at radius 2 is 1.20 bits per heavy atom. The highest BCUT2D eigenvalue weighted by atomic mass is 16.5. The van der Waals surface area contributed by atoms with E-state index in [1.54, 1.807) is 0 Å². The summed E-state index contributed by atoms with van der Waals surface area (Å²) in [5.74, 6) is 2.41. The molecular weight excluding hydrogens is 311 g/mol. The lowest BCUT2D eigenvalue weighted by Gasteiger charge is -2.33. The predicted octanol–water partition coefficient (Wildman–Crippen LogP) is 2.16. The lowest BCUT2D eigenvalue weighted by molar-refractivity contribution is 0.462. The van der Waals surface area contributed by atoms with Gasteiger partial charge in [-0.15, -0.1) is 0 Å². The molecule has 0 amide bonds. The summed E-state index contributed by atoms with van der Waals surface area (Å²) in [6, 6.07) is 21.4. The van der Waals surface area contributed by atoms with Gasteiger partial charge in [0.2, 0.25) is 0 Å². The predicted molar refractivity (Wildman–Crippen MR) is 93.6 cm³/mol. The highest BCUT2D eigenvalue weighted by Gasteiger charge is 2.42. The van der Waals surface area contributed by atoms with Crippen LogP contribution in [-0.4, -0.2) is 6.71 Å². The van der Waals surface area contributed by atoms with Gasteiger partial charge in [0, 0.05) is 5.46 Å². The summed E-state index contributed by atoms with van der Waals surface area (Å²) in [7, 11) is 0. The van der Waals surface area contributed by atoms with Crippen LogP contribution in [0.2, 0.25) is 0 Å². The third kappa shape index (κ3) is 1.75. The Balaban J connectivity index is 1.93. The van der Waals surface area contributed by atoms with Crippen molar-refractivity contribution in [2.24, 2.45) is 0 Å². The van der Waals surface area contributed by atoms with Gasteiger partial charge >= 0.3 is 0 Å². The fourth-order valence-electron chi connectivity index (χ4n) is 3.64. The second-order valence-corrected chi connectivity index (χ2v) is 5.98. The van der Waals surface area contributed by atoms with Crippen molar-refractivity contribution in [2.45, 2.75) is 0 Å². The summed E-state index contributed by atoms with van der Waals surface area (Å²) in [6.45, 7) is -0.125. The van der Waals surface area contributed by atoms with Gasteiger partial charge in [0.15, 0.2) is 0 Å². The summed E-state index contributed by atoms with van der Waals surface area (Å²) in [6.07, 6.45) is 0. The zero-order valence-electron chi connectivity index (χ0n) is 13.0. The molecule has 0 aliphatic carbocycles. The average Bonchev–Trinajstić information content (AvgIpc) is 2.67. The summed E-state index contributed by atoms with van der Waals surface area (Å²) >= 11 is 0. The van der Waals surface area contributed by atoms with E-state index >= 15 is 0 Å². The average molecular weight is 320 g/mol. The molecule has 0 radical (unpaired) electrons. The first-order valence-corrected chi connectivity index (χ1v) is 7.86. The van der Waals surface area contributed by atoms with Crippen LogP contribution in [0.5, 0.6) is 23.0 Å². The fourth-order valence-corrected chi connectivity index (χ4v) is 3.64. The van der Waals surface area contributed by atoms with Crippen LogP contribution >= 0.6 is 0 Å². The number of rotatable bonds is 0. The van der Waals surface area contributed by atoms with Crippen LogP contribution < -0.4 is 25.9 Å². The van der Waals surface area contributed by atoms with Gasteiger partial charge in [-0.25, -0.2) is 0 Å². The number of benzene rings is 3. The lowest BCUT2D eigenvalue weighted by atomic mass is 9.34. The summed E-state index contributed by atoms with van der Waals surface area (Å²) < 4.78 is 12.1. The minimum atomic E-state index is -0.125. The van der Waals surface area contributed by atoms with Crippen molar-refractivity contribution in [3.63, 3.8) is 0 Å². The molecule has 3 aromatic carbocycles. The molecule has 4 nitrogen and oxygen atoms in total. The smallest absolute Gasteiger partial charge is 0.260 e. The number of fused-ring (bicyclic) bond motifs is 4. The highest BCUT2D eigenvalue weighted by Crippen LogP contribution is 2.38. The van der Waals surface area contributed by atoms with Crippen molar-refractivity contribution in [1.29, 1.82) is 10.5 Å². The molecular formula is C20H9BN2O2. The second kappa shape index (κ2) is 4.90. The Morgan fingerprint density at radius 1 is 0.720 bits per heavy atom. The zero-order chi connectivity index (χ0) is 17.0. The van der Waals surface area contributed by atoms with E-state index in [1.807, 2.05) is 48.5 Å². The van der Waals surface area contributed by atoms with Gasteiger partial charge < -0.3 is 9.47 Å². The van der Waals surface area contributed by atoms with Crippen LogP contribution in [0.4, 0.5) is 0 Å². The van der Waals surface area contributed by atoms with Gasteiger partial charge in [-0.2, -0.15) is 10.5 Å². The van der Waals surface area contributed by atoms with E-state index in [0.717, 1.165) is 27.9 Å². The van der Waals surface area contributed by atoms with Crippen molar-refractivity contribution >= 4 is 23.1 Å². The van der Waals surface area contributed by atoms with Crippen molar-refractivity contribution < 1.29 is 9.47 Å². The van der Waals surface area contributed by atoms with Gasteiger partial charge in [0.25, 0.3) is 6.71 Å². The van der Waals surface area contributed by atoms with Gasteiger partial charge in [-0.1, -0.05) is 36.4 Å². The van der Waals surface area contributed by atoms with E-state index in [4.69, 9.17) is 9.47 Å². The van der Waals surface area contributed by atoms with Crippen molar-refractivity contribution in [1.82, 2.24) is 0 Å². The number of nitriles is 2. The summed E-state index contributed by atoms with van der Waals surface area (Å²) in [4.78, 5) is 0. The monoisotopic (exact) mass is 320 g/mol. The quantitative estimate of drug-likeness (QED) is 0.410. The maximum Gasteiger partial charge on any atom is 0.260 e. The molecule has 0 aromatic heterocycles. The maximum absolute atomic E-state index is 9.54. The molecule has 0 fully saturated rings. The van der Waals surface area contributed by atoms with Gasteiger partial charge in [0.1, 0.15) is 35.1 Å². The molecule has 0 N–H and O–H groups in total. The number of hydrogen-bond acceptors (Lipinski definition) is 4. The second-order valence-electron chi connectivity index (χ2n) is 5.98. The van der Waals surface area contributed by atoms with Crippen LogP contribution in [0.15, 0.2) is 54.6 Å². The first-order chi connectivity index (χ1) is 12.3. The Bertz CT molecular complexity index is 1060. The first kappa shape index (κ1) is 13.7. The third-order valence-corrected chi connectivity index (χ3v) is 4.68. The van der Waals surface area contributed by atoms with Crippen molar-refractivity contribution in [3.05, 3.63) is 65.7 Å². The highest BCUT2D eigenvalue weighted by molar-refractivity contribution is 6.98. The van der Waals surface area contributed by atoms with Crippen LogP contribution in [0.1, 0.15) is 11.1 Å². The molecule has 0 saturated heterocycles. The molecule has 0 saturated carbocycles. The standard InChI is InChI=1S/C20H9BN2O2/c22-10-12-9-13(11-23)20-18-19(12)24-16-7-3-1-5-14(16)21(18)15-6-2-4-8-17(15)25-20/h1-9H.